The zero-order valence-electron chi connectivity index (χ0n) is 7.23. The molecule has 0 spiro atoms. The molecule has 0 saturated carbocycles. The van der Waals surface area contributed by atoms with Gasteiger partial charge in [-0.05, 0) is 0 Å². The Morgan fingerprint density at radius 2 is 1.53 bits per heavy atom. The monoisotopic (exact) mass is 244 g/mol. The molecule has 80 valence electrons. The SMILES string of the molecule is CCS(=O)(=O)C1C(=O)NC(=O)NC1=O.[NaH]. The van der Waals surface area contributed by atoms with Gasteiger partial charge in [-0.2, -0.15) is 0 Å². The average molecular weight is 244 g/mol. The van der Waals surface area contributed by atoms with Gasteiger partial charge in [-0.25, -0.2) is 13.2 Å². The van der Waals surface area contributed by atoms with E-state index in [9.17, 15) is 22.8 Å². The van der Waals surface area contributed by atoms with Crippen LogP contribution in [0.1, 0.15) is 6.92 Å². The Morgan fingerprint density at radius 1 is 1.13 bits per heavy atom. The molecule has 1 saturated heterocycles. The van der Waals surface area contributed by atoms with Gasteiger partial charge in [0.2, 0.25) is 5.25 Å². The third-order valence-electron chi connectivity index (χ3n) is 1.71. The number of barbiturate groups is 1. The third kappa shape index (κ3) is 3.00. The summed E-state index contributed by atoms with van der Waals surface area (Å²) in [6.45, 7) is 1.31. The van der Waals surface area contributed by atoms with Gasteiger partial charge in [-0.1, -0.05) is 6.92 Å². The van der Waals surface area contributed by atoms with E-state index in [4.69, 9.17) is 0 Å². The maximum atomic E-state index is 11.2. The Kier molecular flexibility index (Phi) is 4.91. The van der Waals surface area contributed by atoms with Crippen LogP contribution in [0.5, 0.6) is 0 Å². The summed E-state index contributed by atoms with van der Waals surface area (Å²) >= 11 is 0. The molecule has 1 aliphatic heterocycles. The van der Waals surface area contributed by atoms with Crippen molar-refractivity contribution in [2.75, 3.05) is 5.75 Å². The summed E-state index contributed by atoms with van der Waals surface area (Å²) in [4.78, 5) is 32.7. The van der Waals surface area contributed by atoms with E-state index in [1.165, 1.54) is 6.92 Å². The number of hydrogen-bond donors (Lipinski definition) is 2. The first-order valence-corrected chi connectivity index (χ1v) is 5.47. The van der Waals surface area contributed by atoms with Gasteiger partial charge in [0.25, 0.3) is 11.8 Å². The molecule has 0 aromatic carbocycles. The standard InChI is InChI=1S/C6H8N2O5S.Na.H/c1-2-14(12,13)3-4(9)7-6(11)8-5(3)10;;/h3H,2H2,1H3,(H2,7,8,9,10,11);;. The molecule has 2 N–H and O–H groups in total. The van der Waals surface area contributed by atoms with Gasteiger partial charge in [0, 0.05) is 5.75 Å². The van der Waals surface area contributed by atoms with Gasteiger partial charge in [-0.3, -0.25) is 20.2 Å². The van der Waals surface area contributed by atoms with E-state index in [-0.39, 0.29) is 35.3 Å². The van der Waals surface area contributed by atoms with Crippen molar-refractivity contribution in [2.24, 2.45) is 0 Å². The van der Waals surface area contributed by atoms with Gasteiger partial charge < -0.3 is 0 Å². The normalized spacial score (nSPS) is 17.8. The van der Waals surface area contributed by atoms with Crippen molar-refractivity contribution in [3.63, 3.8) is 0 Å². The van der Waals surface area contributed by atoms with Crippen molar-refractivity contribution in [1.82, 2.24) is 10.6 Å². The van der Waals surface area contributed by atoms with Crippen LogP contribution in [-0.4, -0.2) is 66.8 Å². The van der Waals surface area contributed by atoms with E-state index in [0.29, 0.717) is 0 Å². The predicted octanol–water partition coefficient (Wildman–Crippen LogP) is -2.49. The second-order valence-corrected chi connectivity index (χ2v) is 5.01. The van der Waals surface area contributed by atoms with Crippen LogP contribution in [0, 0.1) is 0 Å². The van der Waals surface area contributed by atoms with Crippen LogP contribution in [-0.2, 0) is 19.4 Å². The van der Waals surface area contributed by atoms with Crippen molar-refractivity contribution in [2.45, 2.75) is 12.2 Å². The fourth-order valence-corrected chi connectivity index (χ4v) is 2.10. The summed E-state index contributed by atoms with van der Waals surface area (Å²) in [7, 11) is -3.82. The second kappa shape index (κ2) is 5.06. The Bertz CT molecular complexity index is 384. The molecule has 1 heterocycles. The molecular formula is C6H9N2NaO5S. The van der Waals surface area contributed by atoms with Crippen LogP contribution in [0.3, 0.4) is 0 Å². The molecular weight excluding hydrogens is 235 g/mol. The zero-order valence-corrected chi connectivity index (χ0v) is 8.05. The van der Waals surface area contributed by atoms with Gasteiger partial charge in [0.05, 0.1) is 0 Å². The van der Waals surface area contributed by atoms with Crippen LogP contribution in [0.15, 0.2) is 0 Å². The molecule has 4 amide bonds. The Morgan fingerprint density at radius 3 is 1.87 bits per heavy atom. The number of nitrogens with one attached hydrogen (secondary N) is 2. The third-order valence-corrected chi connectivity index (χ3v) is 3.66. The number of rotatable bonds is 2. The van der Waals surface area contributed by atoms with E-state index >= 15 is 0 Å². The summed E-state index contributed by atoms with van der Waals surface area (Å²) in [5.74, 6) is -2.53. The molecule has 0 aromatic heterocycles. The minimum absolute atomic E-state index is 0. The Hall–Kier alpha value is -0.440. The Labute approximate surface area is 108 Å². The molecule has 1 rings (SSSR count). The maximum absolute atomic E-state index is 11.2. The van der Waals surface area contributed by atoms with Crippen LogP contribution in [0.4, 0.5) is 4.79 Å². The molecule has 1 fully saturated rings. The molecule has 7 nitrogen and oxygen atoms in total. The fourth-order valence-electron chi connectivity index (χ4n) is 0.998. The van der Waals surface area contributed by atoms with E-state index in [1.54, 1.807) is 10.6 Å². The first-order valence-electron chi connectivity index (χ1n) is 3.75. The molecule has 0 unspecified atom stereocenters. The molecule has 0 aliphatic carbocycles. The summed E-state index contributed by atoms with van der Waals surface area (Å²) in [6.07, 6.45) is 0. The number of urea groups is 1. The second-order valence-electron chi connectivity index (χ2n) is 2.64. The molecule has 0 aromatic rings. The van der Waals surface area contributed by atoms with E-state index in [0.717, 1.165) is 0 Å². The van der Waals surface area contributed by atoms with E-state index in [1.807, 2.05) is 0 Å². The fraction of sp³-hybridized carbons (Fsp3) is 0.500. The number of sulfone groups is 1. The molecule has 0 bridgehead atoms. The molecule has 0 radical (unpaired) electrons. The molecule has 15 heavy (non-hydrogen) atoms. The summed E-state index contributed by atoms with van der Waals surface area (Å²) in [5.41, 5.74) is 0. The minimum atomic E-state index is -3.82. The van der Waals surface area contributed by atoms with E-state index in [2.05, 4.69) is 0 Å². The predicted molar refractivity (Wildman–Crippen MR) is 52.1 cm³/mol. The summed E-state index contributed by atoms with van der Waals surface area (Å²) in [6, 6.07) is -0.998. The zero-order chi connectivity index (χ0) is 10.9. The average Bonchev–Trinajstić information content (AvgIpc) is 2.01. The van der Waals surface area contributed by atoms with Crippen molar-refractivity contribution in [3.05, 3.63) is 0 Å². The number of carbonyl (C=O) groups excluding carboxylic acids is 3. The van der Waals surface area contributed by atoms with Crippen molar-refractivity contribution in [1.29, 1.82) is 0 Å². The van der Waals surface area contributed by atoms with Gasteiger partial charge in [0.15, 0.2) is 9.84 Å². The number of amides is 4. The first-order chi connectivity index (χ1) is 6.38. The molecule has 9 heteroatoms. The first kappa shape index (κ1) is 14.6. The van der Waals surface area contributed by atoms with Crippen LogP contribution in [0.2, 0.25) is 0 Å². The van der Waals surface area contributed by atoms with Crippen LogP contribution >= 0.6 is 0 Å². The van der Waals surface area contributed by atoms with Crippen molar-refractivity contribution in [3.8, 4) is 0 Å². The van der Waals surface area contributed by atoms with Crippen molar-refractivity contribution < 1.29 is 22.8 Å². The van der Waals surface area contributed by atoms with E-state index < -0.39 is 32.9 Å². The number of carbonyl (C=O) groups is 3. The van der Waals surface area contributed by atoms with Gasteiger partial charge >= 0.3 is 35.6 Å². The van der Waals surface area contributed by atoms with Crippen molar-refractivity contribution >= 4 is 57.2 Å². The van der Waals surface area contributed by atoms with Crippen LogP contribution < -0.4 is 10.6 Å². The number of hydrogen-bond acceptors (Lipinski definition) is 5. The quantitative estimate of drug-likeness (QED) is 0.412. The molecule has 1 aliphatic rings. The summed E-state index contributed by atoms with van der Waals surface area (Å²) in [5, 5.41) is 1.61. The molecule has 0 atom stereocenters. The van der Waals surface area contributed by atoms with Gasteiger partial charge in [0.1, 0.15) is 0 Å². The summed E-state index contributed by atoms with van der Waals surface area (Å²) < 4.78 is 22.5. The number of imide groups is 2. The van der Waals surface area contributed by atoms with Crippen LogP contribution in [0.25, 0.3) is 0 Å². The topological polar surface area (TPSA) is 109 Å². The van der Waals surface area contributed by atoms with Gasteiger partial charge in [-0.15, -0.1) is 0 Å². The Balaban J connectivity index is 0.00000196.